The Kier molecular flexibility index (Phi) is 12.7. The van der Waals surface area contributed by atoms with E-state index in [1.807, 2.05) is 0 Å². The van der Waals surface area contributed by atoms with Crippen LogP contribution in [0.15, 0.2) is 18.5 Å². The van der Waals surface area contributed by atoms with Crippen molar-refractivity contribution >= 4 is 46.5 Å². The van der Waals surface area contributed by atoms with E-state index in [1.54, 1.807) is 12.1 Å². The standard InChI is InChI=1S/C36H55N5O10Si2/c1-22(2)52(23(3)4)47-18-29-32(50-53(51-52,24(5)6)25(7)8)33(48-31(43)17-27-13-11-10-12-14-27)36(19-37,49-29)30-16-15-28-34(38-20-39-41(28)30)40-35(44)46-21-45-26(9)42/h15-16,20,22-25,27,29,32-33H,10-14,17-18,21H2,1-9H3,(H,38,39,40,44)/t29-,32-,33-,36+/m1/s1. The second kappa shape index (κ2) is 16.5. The summed E-state index contributed by atoms with van der Waals surface area (Å²) < 4.78 is 46.1. The molecular weight excluding hydrogens is 719 g/mol. The van der Waals surface area contributed by atoms with Crippen LogP contribution in [0.1, 0.15) is 107 Å². The van der Waals surface area contributed by atoms with E-state index in [-0.39, 0.29) is 52.6 Å². The maximum absolute atomic E-state index is 13.9. The molecule has 5 rings (SSSR count). The van der Waals surface area contributed by atoms with E-state index in [2.05, 4.69) is 76.9 Å². The zero-order valence-corrected chi connectivity index (χ0v) is 34.4. The summed E-state index contributed by atoms with van der Waals surface area (Å²) in [6.45, 7) is 17.6. The fraction of sp³-hybridized carbons (Fsp3) is 0.722. The fourth-order valence-electron chi connectivity index (χ4n) is 8.13. The molecule has 53 heavy (non-hydrogen) atoms. The molecule has 0 bridgehead atoms. The van der Waals surface area contributed by atoms with Crippen molar-refractivity contribution < 1.29 is 46.3 Å². The summed E-state index contributed by atoms with van der Waals surface area (Å²) >= 11 is 0. The Morgan fingerprint density at radius 2 is 1.66 bits per heavy atom. The topological polar surface area (TPSA) is 182 Å². The predicted octanol–water partition coefficient (Wildman–Crippen LogP) is 6.75. The number of nitriles is 1. The van der Waals surface area contributed by atoms with Crippen LogP contribution >= 0.6 is 0 Å². The average Bonchev–Trinajstić information content (AvgIpc) is 3.64. The number of carbonyl (C=O) groups is 3. The maximum Gasteiger partial charge on any atom is 0.415 e. The number of nitrogens with zero attached hydrogens (tertiary/aromatic N) is 4. The SMILES string of the molecule is CC(=O)OCOC(=O)Nc1ncnn2c([C@]3(C#N)O[C@@H]4CO[Si](C(C)C)(C(C)C)O[Si](C(C)C)(C(C)C)O[C@H]4[C@H]3OC(=O)CC3CCCCC3)ccc12. The molecule has 1 amide bonds. The van der Waals surface area contributed by atoms with Gasteiger partial charge < -0.3 is 31.9 Å². The lowest BCUT2D eigenvalue weighted by molar-refractivity contribution is -0.161. The van der Waals surface area contributed by atoms with E-state index in [9.17, 15) is 19.6 Å². The van der Waals surface area contributed by atoms with Gasteiger partial charge in [0.2, 0.25) is 12.4 Å². The normalized spacial score (nSPS) is 25.8. The summed E-state index contributed by atoms with van der Waals surface area (Å²) in [6.07, 6.45) is 2.72. The molecule has 0 radical (unpaired) electrons. The van der Waals surface area contributed by atoms with Gasteiger partial charge >= 0.3 is 35.2 Å². The molecular formula is C36H55N5O10Si2. The Hall–Kier alpha value is -3.41. The van der Waals surface area contributed by atoms with Crippen LogP contribution in [0.2, 0.25) is 22.2 Å². The smallest absolute Gasteiger partial charge is 0.415 e. The van der Waals surface area contributed by atoms with E-state index >= 15 is 0 Å². The highest BCUT2D eigenvalue weighted by Crippen LogP contribution is 2.51. The van der Waals surface area contributed by atoms with E-state index in [0.717, 1.165) is 32.1 Å². The molecule has 1 N–H and O–H groups in total. The number of anilines is 1. The van der Waals surface area contributed by atoms with Crippen molar-refractivity contribution in [3.63, 3.8) is 0 Å². The largest absolute Gasteiger partial charge is 0.455 e. The highest BCUT2D eigenvalue weighted by Gasteiger charge is 2.67. The summed E-state index contributed by atoms with van der Waals surface area (Å²) in [6, 6.07) is 5.65. The second-order valence-corrected chi connectivity index (χ2v) is 24.5. The Bertz CT molecular complexity index is 1660. The molecule has 15 nitrogen and oxygen atoms in total. The van der Waals surface area contributed by atoms with Crippen molar-refractivity contribution in [3.8, 4) is 6.07 Å². The third-order valence-corrected chi connectivity index (χ3v) is 21.1. The van der Waals surface area contributed by atoms with Gasteiger partial charge in [-0.1, -0.05) is 74.7 Å². The minimum atomic E-state index is -3.23. The number of carbonyl (C=O) groups excluding carboxylic acids is 3. The van der Waals surface area contributed by atoms with Crippen molar-refractivity contribution in [2.45, 2.75) is 147 Å². The number of hydrogen-bond acceptors (Lipinski definition) is 13. The number of aromatic nitrogens is 3. The van der Waals surface area contributed by atoms with Gasteiger partial charge in [0.1, 0.15) is 30.1 Å². The van der Waals surface area contributed by atoms with Crippen LogP contribution in [0.3, 0.4) is 0 Å². The molecule has 0 unspecified atom stereocenters. The number of fused-ring (bicyclic) bond motifs is 2. The minimum absolute atomic E-state index is 0.0268. The monoisotopic (exact) mass is 773 g/mol. The van der Waals surface area contributed by atoms with Gasteiger partial charge in [0.25, 0.3) is 0 Å². The quantitative estimate of drug-likeness (QED) is 0.144. The van der Waals surface area contributed by atoms with E-state index in [1.165, 1.54) is 17.8 Å². The number of nitrogens with one attached hydrogen (secondary N) is 1. The molecule has 4 heterocycles. The third-order valence-electron chi connectivity index (χ3n) is 10.8. The van der Waals surface area contributed by atoms with Crippen LogP contribution < -0.4 is 5.32 Å². The summed E-state index contributed by atoms with van der Waals surface area (Å²) in [5.74, 6) is -0.788. The van der Waals surface area contributed by atoms with Crippen LogP contribution in [0.4, 0.5) is 10.6 Å². The first kappa shape index (κ1) is 40.8. The van der Waals surface area contributed by atoms with E-state index in [4.69, 9.17) is 31.9 Å². The number of esters is 2. The molecule has 0 spiro atoms. The summed E-state index contributed by atoms with van der Waals surface area (Å²) in [5.41, 5.74) is -1.25. The van der Waals surface area contributed by atoms with Crippen molar-refractivity contribution in [1.29, 1.82) is 5.26 Å². The summed E-state index contributed by atoms with van der Waals surface area (Å²) in [7, 11) is -6.20. The molecule has 1 aliphatic carbocycles. The van der Waals surface area contributed by atoms with Gasteiger partial charge in [-0.3, -0.25) is 14.9 Å². The lowest BCUT2D eigenvalue weighted by Crippen LogP contribution is -2.66. The molecule has 1 saturated carbocycles. The van der Waals surface area contributed by atoms with Gasteiger partial charge in [-0.2, -0.15) is 10.4 Å². The first-order valence-corrected chi connectivity index (χ1v) is 22.7. The molecule has 292 valence electrons. The first-order valence-electron chi connectivity index (χ1n) is 18.8. The van der Waals surface area contributed by atoms with Crippen molar-refractivity contribution in [1.82, 2.24) is 14.6 Å². The van der Waals surface area contributed by atoms with Gasteiger partial charge in [-0.15, -0.1) is 0 Å². The fourth-order valence-corrected chi connectivity index (χ4v) is 19.3. The zero-order valence-electron chi connectivity index (χ0n) is 32.4. The highest BCUT2D eigenvalue weighted by atomic mass is 28.5. The zero-order chi connectivity index (χ0) is 38.7. The predicted molar refractivity (Wildman–Crippen MR) is 197 cm³/mol. The van der Waals surface area contributed by atoms with Crippen LogP contribution in [0.5, 0.6) is 0 Å². The van der Waals surface area contributed by atoms with Crippen LogP contribution in [0, 0.1) is 17.2 Å². The van der Waals surface area contributed by atoms with Crippen molar-refractivity contribution in [2.75, 3.05) is 18.7 Å². The third kappa shape index (κ3) is 8.03. The number of ether oxygens (including phenoxy) is 4. The molecule has 17 heteroatoms. The molecule has 2 aliphatic heterocycles. The van der Waals surface area contributed by atoms with Crippen molar-refractivity contribution in [2.24, 2.45) is 5.92 Å². The summed E-state index contributed by atoms with van der Waals surface area (Å²) in [4.78, 5) is 41.8. The molecule has 2 saturated heterocycles. The van der Waals surface area contributed by atoms with Gasteiger partial charge in [-0.05, 0) is 53.1 Å². The van der Waals surface area contributed by atoms with Gasteiger partial charge in [-0.25, -0.2) is 14.3 Å². The van der Waals surface area contributed by atoms with Gasteiger partial charge in [0.15, 0.2) is 11.9 Å². The molecule has 0 aromatic carbocycles. The number of rotatable bonds is 11. The Morgan fingerprint density at radius 1 is 1.00 bits per heavy atom. The van der Waals surface area contributed by atoms with Gasteiger partial charge in [0.05, 0.1) is 12.3 Å². The molecule has 3 aliphatic rings. The Labute approximate surface area is 313 Å². The molecule has 3 fully saturated rings. The highest BCUT2D eigenvalue weighted by molar-refractivity contribution is 6.84. The first-order chi connectivity index (χ1) is 25.1. The van der Waals surface area contributed by atoms with Gasteiger partial charge in [0, 0.05) is 13.3 Å². The second-order valence-electron chi connectivity index (χ2n) is 15.6. The van der Waals surface area contributed by atoms with E-state index < -0.39 is 65.9 Å². The van der Waals surface area contributed by atoms with Crippen LogP contribution in [0.25, 0.3) is 5.52 Å². The minimum Gasteiger partial charge on any atom is -0.455 e. The summed E-state index contributed by atoms with van der Waals surface area (Å²) in [5, 5.41) is 18.2. The molecule has 2 aromatic rings. The Morgan fingerprint density at radius 3 is 2.26 bits per heavy atom. The van der Waals surface area contributed by atoms with E-state index in [0.29, 0.717) is 5.52 Å². The number of hydrogen-bond donors (Lipinski definition) is 1. The molecule has 2 aromatic heterocycles. The lowest BCUT2D eigenvalue weighted by atomic mass is 9.87. The van der Waals surface area contributed by atoms with Crippen LogP contribution in [-0.2, 0) is 47.1 Å². The lowest BCUT2D eigenvalue weighted by Gasteiger charge is -2.51. The van der Waals surface area contributed by atoms with Crippen molar-refractivity contribution in [3.05, 3.63) is 24.2 Å². The molecule has 4 atom stereocenters. The Balaban J connectivity index is 1.61. The number of amides is 1. The average molecular weight is 774 g/mol. The van der Waals surface area contributed by atoms with Crippen LogP contribution in [-0.4, -0.2) is 81.5 Å². The maximum atomic E-state index is 13.9.